The molecule has 2 atom stereocenters. The minimum Gasteiger partial charge on any atom is -0.489 e. The lowest BCUT2D eigenvalue weighted by molar-refractivity contribution is -0.155. The second kappa shape index (κ2) is 13.7. The van der Waals surface area contributed by atoms with Crippen LogP contribution in [0.4, 0.5) is 0 Å². The predicted octanol–water partition coefficient (Wildman–Crippen LogP) is 3.87. The Morgan fingerprint density at radius 2 is 1.45 bits per heavy atom. The van der Waals surface area contributed by atoms with E-state index in [2.05, 4.69) is 5.32 Å². The number of likely N-dealkylation sites (N-methyl/N-ethyl adjacent to an activating group) is 1. The number of carbonyl (C=O) groups is 3. The molecule has 0 radical (unpaired) electrons. The first-order chi connectivity index (χ1) is 18.2. The number of hydrogen-bond acceptors (Lipinski definition) is 6. The van der Waals surface area contributed by atoms with Gasteiger partial charge in [-0.05, 0) is 80.6 Å². The number of imide groups is 3. The maximum Gasteiger partial charge on any atom is 0.253 e. The summed E-state index contributed by atoms with van der Waals surface area (Å²) in [6, 6.07) is 21.5. The molecule has 3 N–H and O–H groups in total. The van der Waals surface area contributed by atoms with Gasteiger partial charge in [-0.25, -0.2) is 4.90 Å². The highest BCUT2D eigenvalue weighted by molar-refractivity contribution is 6.13. The molecule has 0 spiro atoms. The zero-order chi connectivity index (χ0) is 27.7. The maximum atomic E-state index is 13.6. The summed E-state index contributed by atoms with van der Waals surface area (Å²) in [4.78, 5) is 40.3. The van der Waals surface area contributed by atoms with Gasteiger partial charge in [-0.1, -0.05) is 60.7 Å². The molecule has 3 rings (SSSR count). The summed E-state index contributed by atoms with van der Waals surface area (Å²) in [6.45, 7) is 5.86. The van der Waals surface area contributed by atoms with Crippen molar-refractivity contribution in [2.24, 2.45) is 5.73 Å². The number of hydrogen-bond donors (Lipinski definition) is 2. The van der Waals surface area contributed by atoms with Gasteiger partial charge in [-0.2, -0.15) is 0 Å². The molecule has 0 bridgehead atoms. The number of nitrogens with one attached hydrogen (secondary N) is 1. The Morgan fingerprint density at radius 1 is 0.895 bits per heavy atom. The highest BCUT2D eigenvalue weighted by Gasteiger charge is 2.34. The average molecular weight is 516 g/mol. The molecule has 0 aromatic heterocycles. The summed E-state index contributed by atoms with van der Waals surface area (Å²) in [7, 11) is 1.65. The van der Waals surface area contributed by atoms with Crippen LogP contribution in [0.1, 0.15) is 41.2 Å². The van der Waals surface area contributed by atoms with Crippen LogP contribution in [0, 0.1) is 13.8 Å². The smallest absolute Gasteiger partial charge is 0.253 e. The summed E-state index contributed by atoms with van der Waals surface area (Å²) in [6.07, 6.45) is 0.749. The van der Waals surface area contributed by atoms with Crippen molar-refractivity contribution in [3.8, 4) is 5.75 Å². The molecule has 0 aliphatic heterocycles. The van der Waals surface area contributed by atoms with Crippen molar-refractivity contribution < 1.29 is 19.1 Å². The van der Waals surface area contributed by atoms with E-state index < -0.39 is 29.8 Å². The van der Waals surface area contributed by atoms with E-state index in [1.807, 2.05) is 86.6 Å². The van der Waals surface area contributed by atoms with Gasteiger partial charge in [0.2, 0.25) is 5.91 Å². The molecule has 0 aliphatic carbocycles. The average Bonchev–Trinajstić information content (AvgIpc) is 2.91. The fourth-order valence-electron chi connectivity index (χ4n) is 4.34. The van der Waals surface area contributed by atoms with Crippen LogP contribution >= 0.6 is 0 Å². The predicted molar refractivity (Wildman–Crippen MR) is 149 cm³/mol. The molecule has 7 heteroatoms. The molecule has 200 valence electrons. The maximum absolute atomic E-state index is 13.6. The number of amides is 3. The largest absolute Gasteiger partial charge is 0.489 e. The van der Waals surface area contributed by atoms with E-state index in [9.17, 15) is 14.4 Å². The number of ether oxygens (including phenoxy) is 1. The molecular weight excluding hydrogens is 478 g/mol. The van der Waals surface area contributed by atoms with Gasteiger partial charge in [0.15, 0.2) is 0 Å². The van der Waals surface area contributed by atoms with E-state index >= 15 is 0 Å². The van der Waals surface area contributed by atoms with Crippen LogP contribution < -0.4 is 15.8 Å². The Hall–Kier alpha value is -3.81. The van der Waals surface area contributed by atoms with Crippen molar-refractivity contribution >= 4 is 17.7 Å². The van der Waals surface area contributed by atoms with Gasteiger partial charge < -0.3 is 15.8 Å². The summed E-state index contributed by atoms with van der Waals surface area (Å²) in [5, 5.41) is 3.00. The van der Waals surface area contributed by atoms with Gasteiger partial charge in [0.25, 0.3) is 11.8 Å². The van der Waals surface area contributed by atoms with Crippen molar-refractivity contribution in [2.45, 2.75) is 58.7 Å². The Bertz CT molecular complexity index is 1220. The Labute approximate surface area is 225 Å². The summed E-state index contributed by atoms with van der Waals surface area (Å²) in [5.41, 5.74) is 10.7. The molecule has 0 saturated heterocycles. The van der Waals surface area contributed by atoms with Crippen LogP contribution in [0.2, 0.25) is 0 Å². The normalized spacial score (nSPS) is 12.4. The molecule has 38 heavy (non-hydrogen) atoms. The quantitative estimate of drug-likeness (QED) is 0.402. The van der Waals surface area contributed by atoms with Gasteiger partial charge in [-0.3, -0.25) is 14.4 Å². The van der Waals surface area contributed by atoms with Crippen molar-refractivity contribution in [1.82, 2.24) is 10.2 Å². The third-order valence-corrected chi connectivity index (χ3v) is 6.52. The molecule has 0 heterocycles. The first-order valence-electron chi connectivity index (χ1n) is 12.9. The lowest BCUT2D eigenvalue weighted by Gasteiger charge is -2.26. The third kappa shape index (κ3) is 7.60. The molecule has 3 amide bonds. The number of nitrogens with two attached hydrogens (primary N) is 1. The van der Waals surface area contributed by atoms with Gasteiger partial charge >= 0.3 is 0 Å². The van der Waals surface area contributed by atoms with E-state index in [0.29, 0.717) is 19.4 Å². The fraction of sp³-hybridized carbons (Fsp3) is 0.323. The number of aryl methyl sites for hydroxylation is 3. The zero-order valence-corrected chi connectivity index (χ0v) is 22.6. The van der Waals surface area contributed by atoms with E-state index in [1.54, 1.807) is 7.05 Å². The molecule has 3 aromatic carbocycles. The van der Waals surface area contributed by atoms with Crippen molar-refractivity contribution in [3.05, 3.63) is 101 Å². The molecule has 7 nitrogen and oxygen atoms in total. The van der Waals surface area contributed by atoms with Crippen LogP contribution in [0.3, 0.4) is 0 Å². The van der Waals surface area contributed by atoms with Crippen molar-refractivity contribution in [3.63, 3.8) is 0 Å². The molecule has 3 aromatic rings. The van der Waals surface area contributed by atoms with Crippen LogP contribution in [0.5, 0.6) is 5.75 Å². The van der Waals surface area contributed by atoms with Crippen LogP contribution in [-0.2, 0) is 33.8 Å². The molecule has 0 aliphatic rings. The zero-order valence-electron chi connectivity index (χ0n) is 22.6. The van der Waals surface area contributed by atoms with E-state index in [-0.39, 0.29) is 6.42 Å². The lowest BCUT2D eigenvalue weighted by Crippen LogP contribution is -2.55. The molecule has 0 saturated carbocycles. The SMILES string of the molecule is CN[C@@H](Cc1c(C)cc(OCc2ccccc2)cc1C)C(=O)N(C(=O)CCc1ccccc1)C(=O)[C@H](C)N. The second-order valence-electron chi connectivity index (χ2n) is 9.54. The molecule has 0 unspecified atom stereocenters. The number of benzene rings is 3. The minimum absolute atomic E-state index is 0.0240. The first kappa shape index (κ1) is 28.8. The highest BCUT2D eigenvalue weighted by Crippen LogP contribution is 2.24. The summed E-state index contributed by atoms with van der Waals surface area (Å²) >= 11 is 0. The highest BCUT2D eigenvalue weighted by atomic mass is 16.5. The third-order valence-electron chi connectivity index (χ3n) is 6.52. The van der Waals surface area contributed by atoms with Crippen LogP contribution in [0.25, 0.3) is 0 Å². The summed E-state index contributed by atoms with van der Waals surface area (Å²) in [5.74, 6) is -1.12. The number of carbonyl (C=O) groups excluding carboxylic acids is 3. The van der Waals surface area contributed by atoms with E-state index in [4.69, 9.17) is 10.5 Å². The van der Waals surface area contributed by atoms with E-state index in [0.717, 1.165) is 38.5 Å². The fourth-order valence-corrected chi connectivity index (χ4v) is 4.34. The van der Waals surface area contributed by atoms with E-state index in [1.165, 1.54) is 6.92 Å². The number of rotatable bonds is 11. The Kier molecular flexibility index (Phi) is 10.3. The van der Waals surface area contributed by atoms with Gasteiger partial charge in [0, 0.05) is 6.42 Å². The van der Waals surface area contributed by atoms with Crippen molar-refractivity contribution in [2.75, 3.05) is 7.05 Å². The van der Waals surface area contributed by atoms with Gasteiger partial charge in [0.05, 0.1) is 12.1 Å². The number of nitrogens with zero attached hydrogens (tertiary/aromatic N) is 1. The van der Waals surface area contributed by atoms with Crippen LogP contribution in [-0.4, -0.2) is 41.8 Å². The molecular formula is C31H37N3O4. The Balaban J connectivity index is 1.76. The molecule has 0 fully saturated rings. The summed E-state index contributed by atoms with van der Waals surface area (Å²) < 4.78 is 5.98. The van der Waals surface area contributed by atoms with Gasteiger partial charge in [0.1, 0.15) is 12.4 Å². The lowest BCUT2D eigenvalue weighted by atomic mass is 9.95. The second-order valence-corrected chi connectivity index (χ2v) is 9.54. The topological polar surface area (TPSA) is 102 Å². The van der Waals surface area contributed by atoms with Gasteiger partial charge in [-0.15, -0.1) is 0 Å². The Morgan fingerprint density at radius 3 is 1.97 bits per heavy atom. The minimum atomic E-state index is -0.985. The standard InChI is InChI=1S/C31H37N3O4/c1-21-17-26(38-20-25-13-9-6-10-14-25)18-22(2)27(21)19-28(33-4)31(37)34(30(36)23(3)32)29(35)16-15-24-11-7-5-8-12-24/h5-14,17-18,23,28,33H,15-16,19-20,32H2,1-4H3/t23-,28-/m0/s1. The van der Waals surface area contributed by atoms with Crippen molar-refractivity contribution in [1.29, 1.82) is 0 Å². The van der Waals surface area contributed by atoms with Crippen LogP contribution in [0.15, 0.2) is 72.8 Å². The monoisotopic (exact) mass is 515 g/mol. The first-order valence-corrected chi connectivity index (χ1v) is 12.9.